The Balaban J connectivity index is 2.15. The van der Waals surface area contributed by atoms with Crippen molar-refractivity contribution in [2.45, 2.75) is 13.3 Å². The number of hydrogen-bond donors (Lipinski definition) is 2. The molecule has 2 aromatic rings. The highest BCUT2D eigenvalue weighted by molar-refractivity contribution is 9.09. The van der Waals surface area contributed by atoms with Crippen molar-refractivity contribution in [3.63, 3.8) is 0 Å². The highest BCUT2D eigenvalue weighted by Gasteiger charge is 2.00. The number of imidazole rings is 1. The number of alkyl halides is 1. The zero-order valence-electron chi connectivity index (χ0n) is 8.68. The van der Waals surface area contributed by atoms with Crippen LogP contribution in [0.15, 0.2) is 18.2 Å². The SMILES string of the molecule is Cc1nc2ccc(CCNCBr)cc2[nH]1. The minimum atomic E-state index is 0.846. The number of benzene rings is 1. The number of rotatable bonds is 4. The molecule has 1 aromatic heterocycles. The molecule has 0 aliphatic heterocycles. The molecule has 1 aromatic carbocycles. The molecule has 4 heteroatoms. The average molecular weight is 268 g/mol. The van der Waals surface area contributed by atoms with E-state index in [9.17, 15) is 0 Å². The summed E-state index contributed by atoms with van der Waals surface area (Å²) in [5.74, 6) is 0.973. The lowest BCUT2D eigenvalue weighted by molar-refractivity contribution is 0.779. The molecule has 0 fully saturated rings. The number of fused-ring (bicyclic) bond motifs is 1. The van der Waals surface area contributed by atoms with Crippen LogP contribution in [0.1, 0.15) is 11.4 Å². The summed E-state index contributed by atoms with van der Waals surface area (Å²) >= 11 is 3.34. The summed E-state index contributed by atoms with van der Waals surface area (Å²) in [6.07, 6.45) is 1.04. The van der Waals surface area contributed by atoms with Gasteiger partial charge < -0.3 is 10.3 Å². The van der Waals surface area contributed by atoms with Crippen LogP contribution in [-0.2, 0) is 6.42 Å². The van der Waals surface area contributed by atoms with E-state index in [1.165, 1.54) is 5.56 Å². The van der Waals surface area contributed by atoms with Crippen LogP contribution in [0.3, 0.4) is 0 Å². The molecule has 0 bridgehead atoms. The van der Waals surface area contributed by atoms with Gasteiger partial charge in [0.25, 0.3) is 0 Å². The van der Waals surface area contributed by atoms with Crippen LogP contribution in [0.2, 0.25) is 0 Å². The minimum Gasteiger partial charge on any atom is -0.342 e. The highest BCUT2D eigenvalue weighted by atomic mass is 79.9. The zero-order valence-corrected chi connectivity index (χ0v) is 10.3. The van der Waals surface area contributed by atoms with Gasteiger partial charge in [0.1, 0.15) is 5.82 Å². The largest absolute Gasteiger partial charge is 0.342 e. The van der Waals surface area contributed by atoms with Gasteiger partial charge in [0.05, 0.1) is 16.5 Å². The van der Waals surface area contributed by atoms with E-state index in [1.54, 1.807) is 0 Å². The average Bonchev–Trinajstić information content (AvgIpc) is 2.57. The lowest BCUT2D eigenvalue weighted by atomic mass is 10.1. The Morgan fingerprint density at radius 2 is 2.33 bits per heavy atom. The second-order valence-corrected chi connectivity index (χ2v) is 4.12. The Kier molecular flexibility index (Phi) is 3.38. The van der Waals surface area contributed by atoms with E-state index >= 15 is 0 Å². The van der Waals surface area contributed by atoms with E-state index in [1.807, 2.05) is 6.92 Å². The molecule has 0 amide bonds. The van der Waals surface area contributed by atoms with Gasteiger partial charge in [0.15, 0.2) is 0 Å². The predicted octanol–water partition coefficient (Wildman–Crippen LogP) is 2.36. The van der Waals surface area contributed by atoms with Crippen molar-refractivity contribution >= 4 is 27.0 Å². The van der Waals surface area contributed by atoms with Gasteiger partial charge >= 0.3 is 0 Å². The van der Waals surface area contributed by atoms with Crippen LogP contribution in [0.5, 0.6) is 0 Å². The normalized spacial score (nSPS) is 11.1. The Labute approximate surface area is 97.4 Å². The molecule has 1 heterocycles. The second-order valence-electron chi connectivity index (χ2n) is 3.56. The summed E-state index contributed by atoms with van der Waals surface area (Å²) in [6, 6.07) is 6.38. The second kappa shape index (κ2) is 4.77. The van der Waals surface area contributed by atoms with Crippen molar-refractivity contribution in [1.82, 2.24) is 15.3 Å². The number of aryl methyl sites for hydroxylation is 1. The maximum absolute atomic E-state index is 4.37. The number of aromatic nitrogens is 2. The first-order chi connectivity index (χ1) is 7.29. The molecule has 80 valence electrons. The van der Waals surface area contributed by atoms with Crippen molar-refractivity contribution in [2.24, 2.45) is 0 Å². The van der Waals surface area contributed by atoms with Gasteiger partial charge in [-0.2, -0.15) is 0 Å². The fraction of sp³-hybridized carbons (Fsp3) is 0.364. The standard InChI is InChI=1S/C11H14BrN3/c1-8-14-10-3-2-9(4-5-13-7-12)6-11(10)15-8/h2-3,6,13H,4-5,7H2,1H3,(H,14,15). The molecular weight excluding hydrogens is 254 g/mol. The molecule has 2 N–H and O–H groups in total. The molecule has 0 aliphatic carbocycles. The van der Waals surface area contributed by atoms with Gasteiger partial charge in [-0.15, -0.1) is 0 Å². The van der Waals surface area contributed by atoms with Gasteiger partial charge in [-0.25, -0.2) is 4.98 Å². The van der Waals surface area contributed by atoms with E-state index in [0.29, 0.717) is 0 Å². The smallest absolute Gasteiger partial charge is 0.104 e. The Hall–Kier alpha value is -0.870. The number of aromatic amines is 1. The van der Waals surface area contributed by atoms with Crippen molar-refractivity contribution in [1.29, 1.82) is 0 Å². The Bertz CT molecular complexity index is 450. The first-order valence-corrected chi connectivity index (χ1v) is 6.13. The monoisotopic (exact) mass is 267 g/mol. The molecule has 0 spiro atoms. The lowest BCUT2D eigenvalue weighted by Crippen LogP contribution is -2.14. The van der Waals surface area contributed by atoms with Crippen molar-refractivity contribution in [2.75, 3.05) is 12.0 Å². The van der Waals surface area contributed by atoms with Crippen molar-refractivity contribution in [3.8, 4) is 0 Å². The molecule has 0 aliphatic rings. The molecule has 3 nitrogen and oxygen atoms in total. The zero-order chi connectivity index (χ0) is 10.7. The number of hydrogen-bond acceptors (Lipinski definition) is 2. The maximum Gasteiger partial charge on any atom is 0.104 e. The van der Waals surface area contributed by atoms with Crippen LogP contribution in [-0.4, -0.2) is 22.0 Å². The van der Waals surface area contributed by atoms with Crippen molar-refractivity contribution < 1.29 is 0 Å². The number of nitrogens with zero attached hydrogens (tertiary/aromatic N) is 1. The van der Waals surface area contributed by atoms with Gasteiger partial charge in [-0.3, -0.25) is 0 Å². The molecule has 0 unspecified atom stereocenters. The fourth-order valence-corrected chi connectivity index (χ4v) is 1.92. The minimum absolute atomic E-state index is 0.846. The molecule has 0 saturated carbocycles. The summed E-state index contributed by atoms with van der Waals surface area (Å²) in [7, 11) is 0. The third-order valence-electron chi connectivity index (χ3n) is 2.35. The van der Waals surface area contributed by atoms with Crippen LogP contribution < -0.4 is 5.32 Å². The fourth-order valence-electron chi connectivity index (χ4n) is 1.64. The molecule has 0 saturated heterocycles. The van der Waals surface area contributed by atoms with E-state index in [-0.39, 0.29) is 0 Å². The third kappa shape index (κ3) is 2.58. The lowest BCUT2D eigenvalue weighted by Gasteiger charge is -2.01. The number of H-pyrrole nitrogens is 1. The molecule has 0 radical (unpaired) electrons. The summed E-state index contributed by atoms with van der Waals surface area (Å²) in [5, 5.41) is 3.24. The van der Waals surface area contributed by atoms with Crippen LogP contribution >= 0.6 is 15.9 Å². The molecule has 15 heavy (non-hydrogen) atoms. The van der Waals surface area contributed by atoms with E-state index in [0.717, 1.165) is 35.3 Å². The summed E-state index contributed by atoms with van der Waals surface area (Å²) < 4.78 is 0. The van der Waals surface area contributed by atoms with Crippen LogP contribution in [0.25, 0.3) is 11.0 Å². The Morgan fingerprint density at radius 1 is 1.47 bits per heavy atom. The van der Waals surface area contributed by atoms with Gasteiger partial charge in [0, 0.05) is 0 Å². The predicted molar refractivity (Wildman–Crippen MR) is 66.3 cm³/mol. The highest BCUT2D eigenvalue weighted by Crippen LogP contribution is 2.13. The number of halogens is 1. The van der Waals surface area contributed by atoms with Gasteiger partial charge in [0.2, 0.25) is 0 Å². The van der Waals surface area contributed by atoms with Gasteiger partial charge in [-0.05, 0) is 37.6 Å². The molecule has 2 rings (SSSR count). The molecular formula is C11H14BrN3. The van der Waals surface area contributed by atoms with E-state index in [2.05, 4.69) is 49.4 Å². The van der Waals surface area contributed by atoms with E-state index in [4.69, 9.17) is 0 Å². The summed E-state index contributed by atoms with van der Waals surface area (Å²) in [6.45, 7) is 2.97. The maximum atomic E-state index is 4.37. The summed E-state index contributed by atoms with van der Waals surface area (Å²) in [4.78, 5) is 7.62. The summed E-state index contributed by atoms with van der Waals surface area (Å²) in [5.41, 5.74) is 4.35. The first-order valence-electron chi connectivity index (χ1n) is 5.01. The first kappa shape index (κ1) is 10.6. The van der Waals surface area contributed by atoms with Crippen LogP contribution in [0, 0.1) is 6.92 Å². The molecule has 0 atom stereocenters. The topological polar surface area (TPSA) is 40.7 Å². The van der Waals surface area contributed by atoms with Crippen molar-refractivity contribution in [3.05, 3.63) is 29.6 Å². The number of nitrogens with one attached hydrogen (secondary N) is 2. The van der Waals surface area contributed by atoms with E-state index < -0.39 is 0 Å². The van der Waals surface area contributed by atoms with Gasteiger partial charge in [-0.1, -0.05) is 22.0 Å². The quantitative estimate of drug-likeness (QED) is 0.507. The third-order valence-corrected chi connectivity index (χ3v) is 2.75. The Morgan fingerprint density at radius 3 is 3.13 bits per heavy atom. The van der Waals surface area contributed by atoms with Crippen LogP contribution in [0.4, 0.5) is 0 Å².